The number of aromatic amines is 1. The van der Waals surface area contributed by atoms with Crippen LogP contribution in [0.1, 0.15) is 11.3 Å². The molecule has 0 aromatic carbocycles. The highest BCUT2D eigenvalue weighted by Crippen LogP contribution is 2.18. The van der Waals surface area contributed by atoms with Crippen LogP contribution >= 0.6 is 11.8 Å². The van der Waals surface area contributed by atoms with Gasteiger partial charge in [-0.05, 0) is 12.1 Å². The lowest BCUT2D eigenvalue weighted by molar-refractivity contribution is 0.887. The fourth-order valence-electron chi connectivity index (χ4n) is 1.70. The molecule has 0 atom stereocenters. The van der Waals surface area contributed by atoms with Gasteiger partial charge < -0.3 is 0 Å². The van der Waals surface area contributed by atoms with Crippen LogP contribution in [0.5, 0.6) is 0 Å². The summed E-state index contributed by atoms with van der Waals surface area (Å²) in [5.41, 5.74) is 1.04. The van der Waals surface area contributed by atoms with Gasteiger partial charge in [0.1, 0.15) is 16.7 Å². The van der Waals surface area contributed by atoms with Gasteiger partial charge in [0.15, 0.2) is 5.65 Å². The van der Waals surface area contributed by atoms with Gasteiger partial charge in [-0.15, -0.1) is 5.10 Å². The first-order chi connectivity index (χ1) is 9.78. The molecule has 3 aromatic rings. The van der Waals surface area contributed by atoms with Crippen LogP contribution in [-0.2, 0) is 5.75 Å². The Balaban J connectivity index is 1.93. The first kappa shape index (κ1) is 12.4. The van der Waals surface area contributed by atoms with E-state index in [1.807, 2.05) is 12.1 Å². The van der Waals surface area contributed by atoms with Gasteiger partial charge in [0.25, 0.3) is 5.56 Å². The van der Waals surface area contributed by atoms with Gasteiger partial charge in [0, 0.05) is 24.2 Å². The van der Waals surface area contributed by atoms with Gasteiger partial charge >= 0.3 is 0 Å². The molecule has 0 amide bonds. The van der Waals surface area contributed by atoms with Crippen molar-refractivity contribution in [1.29, 1.82) is 5.26 Å². The third kappa shape index (κ3) is 2.26. The Labute approximate surface area is 117 Å². The van der Waals surface area contributed by atoms with E-state index >= 15 is 0 Å². The largest absolute Gasteiger partial charge is 0.295 e. The van der Waals surface area contributed by atoms with Gasteiger partial charge in [-0.3, -0.25) is 9.89 Å². The summed E-state index contributed by atoms with van der Waals surface area (Å²) >= 11 is 1.43. The van der Waals surface area contributed by atoms with Crippen LogP contribution in [0.3, 0.4) is 0 Å². The fourth-order valence-corrected chi connectivity index (χ4v) is 2.42. The van der Waals surface area contributed by atoms with Gasteiger partial charge in [-0.1, -0.05) is 11.8 Å². The van der Waals surface area contributed by atoms with E-state index in [4.69, 9.17) is 5.26 Å². The summed E-state index contributed by atoms with van der Waals surface area (Å²) in [5.74, 6) is 0.487. The van der Waals surface area contributed by atoms with Crippen LogP contribution in [-0.4, -0.2) is 24.8 Å². The van der Waals surface area contributed by atoms with Crippen molar-refractivity contribution in [2.24, 2.45) is 0 Å². The summed E-state index contributed by atoms with van der Waals surface area (Å²) < 4.78 is 1.25. The molecule has 20 heavy (non-hydrogen) atoms. The lowest BCUT2D eigenvalue weighted by Crippen LogP contribution is -2.15. The fraction of sp³-hybridized carbons (Fsp3) is 0.0833. The number of hydrogen-bond donors (Lipinski definition) is 1. The van der Waals surface area contributed by atoms with Crippen molar-refractivity contribution in [1.82, 2.24) is 24.8 Å². The van der Waals surface area contributed by atoms with E-state index in [9.17, 15) is 4.79 Å². The van der Waals surface area contributed by atoms with Crippen LogP contribution in [0.25, 0.3) is 5.65 Å². The van der Waals surface area contributed by atoms with E-state index in [2.05, 4.69) is 20.3 Å². The third-order valence-corrected chi connectivity index (χ3v) is 3.54. The molecule has 1 N–H and O–H groups in total. The average Bonchev–Trinajstić information content (AvgIpc) is 2.90. The summed E-state index contributed by atoms with van der Waals surface area (Å²) in [5, 5.41) is 20.1. The first-order valence-corrected chi connectivity index (χ1v) is 6.67. The quantitative estimate of drug-likeness (QED) is 0.719. The topological polar surface area (TPSA) is 99.7 Å². The van der Waals surface area contributed by atoms with Gasteiger partial charge in [-0.2, -0.15) is 10.4 Å². The third-order valence-electron chi connectivity index (χ3n) is 2.59. The second-order valence-electron chi connectivity index (χ2n) is 3.89. The molecule has 3 aromatic heterocycles. The maximum atomic E-state index is 11.9. The zero-order valence-electron chi connectivity index (χ0n) is 10.1. The van der Waals surface area contributed by atoms with E-state index in [0.29, 0.717) is 22.7 Å². The van der Waals surface area contributed by atoms with Crippen molar-refractivity contribution < 1.29 is 0 Å². The van der Waals surface area contributed by atoms with Crippen LogP contribution < -0.4 is 5.56 Å². The van der Waals surface area contributed by atoms with Crippen molar-refractivity contribution in [3.05, 3.63) is 52.2 Å². The molecule has 8 heteroatoms. The second-order valence-corrected chi connectivity index (χ2v) is 4.89. The molecular formula is C12H8N6OS. The number of nitrogens with zero attached hydrogens (tertiary/aromatic N) is 5. The molecule has 0 fully saturated rings. The van der Waals surface area contributed by atoms with Crippen LogP contribution in [0, 0.1) is 11.3 Å². The zero-order chi connectivity index (χ0) is 13.9. The van der Waals surface area contributed by atoms with E-state index in [1.165, 1.54) is 28.5 Å². The molecule has 0 aliphatic carbocycles. The minimum atomic E-state index is -0.244. The molecule has 3 heterocycles. The zero-order valence-corrected chi connectivity index (χ0v) is 11.0. The molecule has 0 unspecified atom stereocenters. The molecule has 7 nitrogen and oxygen atoms in total. The average molecular weight is 284 g/mol. The molecule has 98 valence electrons. The minimum Gasteiger partial charge on any atom is -0.295 e. The predicted molar refractivity (Wildman–Crippen MR) is 72.1 cm³/mol. The number of nitrogens with one attached hydrogen (secondary N) is 1. The van der Waals surface area contributed by atoms with Crippen molar-refractivity contribution in [2.45, 2.75) is 10.8 Å². The Hall–Kier alpha value is -2.66. The maximum Gasteiger partial charge on any atom is 0.272 e. The van der Waals surface area contributed by atoms with Crippen molar-refractivity contribution >= 4 is 17.4 Å². The highest BCUT2D eigenvalue weighted by atomic mass is 32.2. The van der Waals surface area contributed by atoms with Gasteiger partial charge in [0.2, 0.25) is 0 Å². The highest BCUT2D eigenvalue weighted by molar-refractivity contribution is 7.98. The van der Waals surface area contributed by atoms with Crippen molar-refractivity contribution in [3.8, 4) is 6.07 Å². The second kappa shape index (κ2) is 5.14. The van der Waals surface area contributed by atoms with Gasteiger partial charge in [-0.25, -0.2) is 9.50 Å². The molecule has 0 radical (unpaired) electrons. The Kier molecular flexibility index (Phi) is 3.18. The minimum absolute atomic E-state index is 0.244. The van der Waals surface area contributed by atoms with Crippen molar-refractivity contribution in [3.63, 3.8) is 0 Å². The lowest BCUT2D eigenvalue weighted by Gasteiger charge is -2.00. The molecule has 0 saturated heterocycles. The monoisotopic (exact) mass is 284 g/mol. The predicted octanol–water partition coefficient (Wildman–Crippen LogP) is 0.977. The number of nitriles is 1. The number of rotatable bonds is 3. The Morgan fingerprint density at radius 1 is 1.50 bits per heavy atom. The molecule has 0 bridgehead atoms. The standard InChI is InChI=1S/C12H8N6OS/c13-5-8-6-15-18-11(19)4-9(16-12(8)18)7-20-10-2-1-3-14-17-10/h1-4,6,15H,7H2. The number of thioether (sulfide) groups is 1. The smallest absolute Gasteiger partial charge is 0.272 e. The van der Waals surface area contributed by atoms with E-state index in [-0.39, 0.29) is 5.56 Å². The summed E-state index contributed by atoms with van der Waals surface area (Å²) in [6, 6.07) is 7.06. The highest BCUT2D eigenvalue weighted by Gasteiger charge is 2.09. The van der Waals surface area contributed by atoms with Gasteiger partial charge in [0.05, 0.1) is 5.69 Å². The molecular weight excluding hydrogens is 276 g/mol. The molecule has 0 spiro atoms. The van der Waals surface area contributed by atoms with Crippen LogP contribution in [0.4, 0.5) is 0 Å². The van der Waals surface area contributed by atoms with Crippen molar-refractivity contribution in [2.75, 3.05) is 0 Å². The van der Waals surface area contributed by atoms with E-state index in [1.54, 1.807) is 12.3 Å². The SMILES string of the molecule is N#Cc1c[nH]n2c(=O)cc(CSc3cccnn3)nc12. The van der Waals surface area contributed by atoms with E-state index < -0.39 is 0 Å². The molecule has 0 aliphatic heterocycles. The van der Waals surface area contributed by atoms with Crippen LogP contribution in [0.15, 0.2) is 40.4 Å². The summed E-state index contributed by atoms with van der Waals surface area (Å²) in [4.78, 5) is 16.2. The maximum absolute atomic E-state index is 11.9. The lowest BCUT2D eigenvalue weighted by atomic mass is 10.3. The Morgan fingerprint density at radius 2 is 2.40 bits per heavy atom. The number of aromatic nitrogens is 5. The molecule has 3 rings (SSSR count). The summed E-state index contributed by atoms with van der Waals surface area (Å²) in [7, 11) is 0. The number of fused-ring (bicyclic) bond motifs is 1. The molecule has 0 saturated carbocycles. The first-order valence-electron chi connectivity index (χ1n) is 5.68. The van der Waals surface area contributed by atoms with E-state index in [0.717, 1.165) is 5.03 Å². The molecule has 0 aliphatic rings. The summed E-state index contributed by atoms with van der Waals surface area (Å²) in [6.07, 6.45) is 3.06. The summed E-state index contributed by atoms with van der Waals surface area (Å²) in [6.45, 7) is 0. The normalized spacial score (nSPS) is 10.6. The number of hydrogen-bond acceptors (Lipinski definition) is 6. The number of H-pyrrole nitrogens is 1. The Bertz CT molecular complexity index is 848. The van der Waals surface area contributed by atoms with Crippen LogP contribution in [0.2, 0.25) is 0 Å². The Morgan fingerprint density at radius 3 is 3.15 bits per heavy atom.